The molecule has 0 N–H and O–H groups in total. The van der Waals surface area contributed by atoms with Gasteiger partial charge in [-0.2, -0.15) is 0 Å². The number of rotatable bonds is 18. The second-order valence-electron chi connectivity index (χ2n) is 13.6. The smallest absolute Gasteiger partial charge is 0.129 e. The summed E-state index contributed by atoms with van der Waals surface area (Å²) in [7, 11) is 3.36. The molecule has 1 saturated heterocycles. The summed E-state index contributed by atoms with van der Waals surface area (Å²) >= 11 is 0. The number of ether oxygens (including phenoxy) is 6. The van der Waals surface area contributed by atoms with Gasteiger partial charge in [-0.1, -0.05) is 121 Å². The molecule has 0 radical (unpaired) electrons. The zero-order valence-corrected chi connectivity index (χ0v) is 31.4. The van der Waals surface area contributed by atoms with Crippen molar-refractivity contribution < 1.29 is 28.4 Å². The van der Waals surface area contributed by atoms with E-state index in [9.17, 15) is 0 Å². The Balaban J connectivity index is 1.16. The van der Waals surface area contributed by atoms with Crippen LogP contribution in [0.5, 0.6) is 11.5 Å². The van der Waals surface area contributed by atoms with Gasteiger partial charge in [0.15, 0.2) is 0 Å². The lowest BCUT2D eigenvalue weighted by molar-refractivity contribution is -0.0898. The number of methoxy groups -OCH3 is 2. The first-order valence-electron chi connectivity index (χ1n) is 18.7. The minimum Gasteiger partial charge on any atom is -0.497 e. The van der Waals surface area contributed by atoms with Crippen LogP contribution in [-0.2, 0) is 51.9 Å². The molecule has 1 fully saturated rings. The van der Waals surface area contributed by atoms with Crippen molar-refractivity contribution in [1.29, 1.82) is 0 Å². The Morgan fingerprint density at radius 2 is 1.02 bits per heavy atom. The van der Waals surface area contributed by atoms with Gasteiger partial charge in [-0.15, -0.1) is 0 Å². The Morgan fingerprint density at radius 1 is 0.527 bits per heavy atom. The molecule has 8 nitrogen and oxygen atoms in total. The van der Waals surface area contributed by atoms with Crippen LogP contribution in [0.4, 0.5) is 5.82 Å². The van der Waals surface area contributed by atoms with E-state index < -0.39 is 18.3 Å². The molecule has 8 heteroatoms. The SMILES string of the molecule is COc1ccc(CN(Cc2ccc(OC)cc2)c2ccc([C@@H]3O[C@H](COCc4ccccc4)[C@@H](OCc4ccccc4)[C@H]3OCc3ccccc3)cn2)cc1. The molecular formula is C47H48N2O6. The highest BCUT2D eigenvalue weighted by atomic mass is 16.6. The molecule has 0 aliphatic carbocycles. The van der Waals surface area contributed by atoms with E-state index in [0.29, 0.717) is 39.5 Å². The Labute approximate surface area is 324 Å². The zero-order chi connectivity index (χ0) is 37.7. The molecule has 0 unspecified atom stereocenters. The molecule has 1 aliphatic heterocycles. The highest BCUT2D eigenvalue weighted by Crippen LogP contribution is 2.39. The van der Waals surface area contributed by atoms with E-state index in [2.05, 4.69) is 77.7 Å². The topological polar surface area (TPSA) is 71.5 Å². The average molecular weight is 737 g/mol. The zero-order valence-electron chi connectivity index (χ0n) is 31.4. The minimum absolute atomic E-state index is 0.346. The summed E-state index contributed by atoms with van der Waals surface area (Å²) in [6.45, 7) is 2.96. The quantitative estimate of drug-likeness (QED) is 0.0866. The second kappa shape index (κ2) is 19.2. The van der Waals surface area contributed by atoms with Crippen molar-refractivity contribution in [2.24, 2.45) is 0 Å². The Hall–Kier alpha value is -5.51. The van der Waals surface area contributed by atoms with E-state index in [1.165, 1.54) is 0 Å². The lowest BCUT2D eigenvalue weighted by atomic mass is 10.0. The normalized spacial score (nSPS) is 17.9. The third-order valence-corrected chi connectivity index (χ3v) is 9.76. The number of pyridine rings is 1. The van der Waals surface area contributed by atoms with Crippen molar-refractivity contribution >= 4 is 5.82 Å². The monoisotopic (exact) mass is 736 g/mol. The van der Waals surface area contributed by atoms with E-state index in [1.54, 1.807) is 14.2 Å². The van der Waals surface area contributed by atoms with Crippen molar-refractivity contribution in [2.75, 3.05) is 25.7 Å². The number of aromatic nitrogens is 1. The summed E-state index contributed by atoms with van der Waals surface area (Å²) in [5.74, 6) is 2.49. The van der Waals surface area contributed by atoms with Crippen molar-refractivity contribution in [1.82, 2.24) is 4.98 Å². The summed E-state index contributed by atoms with van der Waals surface area (Å²) in [5.41, 5.74) is 6.46. The third kappa shape index (κ3) is 10.4. The van der Waals surface area contributed by atoms with Crippen LogP contribution < -0.4 is 14.4 Å². The molecule has 2 heterocycles. The lowest BCUT2D eigenvalue weighted by Crippen LogP contribution is -2.37. The largest absolute Gasteiger partial charge is 0.497 e. The van der Waals surface area contributed by atoms with E-state index >= 15 is 0 Å². The van der Waals surface area contributed by atoms with Gasteiger partial charge < -0.3 is 33.3 Å². The van der Waals surface area contributed by atoms with E-state index in [1.807, 2.05) is 85.1 Å². The summed E-state index contributed by atoms with van der Waals surface area (Å²) in [5, 5.41) is 0. The maximum absolute atomic E-state index is 6.87. The van der Waals surface area contributed by atoms with Gasteiger partial charge in [0, 0.05) is 24.8 Å². The number of hydrogen-bond donors (Lipinski definition) is 0. The number of anilines is 1. The first-order chi connectivity index (χ1) is 27.1. The number of nitrogens with zero attached hydrogens (tertiary/aromatic N) is 2. The van der Waals surface area contributed by atoms with Crippen LogP contribution in [-0.4, -0.2) is 44.1 Å². The van der Waals surface area contributed by atoms with Gasteiger partial charge in [-0.3, -0.25) is 0 Å². The van der Waals surface area contributed by atoms with Gasteiger partial charge in [-0.25, -0.2) is 4.98 Å². The molecule has 5 aromatic carbocycles. The molecule has 6 aromatic rings. The summed E-state index contributed by atoms with van der Waals surface area (Å²) < 4.78 is 37.4. The highest BCUT2D eigenvalue weighted by molar-refractivity contribution is 5.43. The van der Waals surface area contributed by atoms with Gasteiger partial charge in [0.2, 0.25) is 0 Å². The van der Waals surface area contributed by atoms with E-state index in [4.69, 9.17) is 33.4 Å². The molecule has 0 saturated carbocycles. The molecule has 55 heavy (non-hydrogen) atoms. The predicted octanol–water partition coefficient (Wildman–Crippen LogP) is 9.13. The average Bonchev–Trinajstić information content (AvgIpc) is 3.60. The minimum atomic E-state index is -0.437. The fourth-order valence-corrected chi connectivity index (χ4v) is 6.79. The number of benzene rings is 5. The summed E-state index contributed by atoms with van der Waals surface area (Å²) in [4.78, 5) is 7.31. The number of hydrogen-bond acceptors (Lipinski definition) is 8. The Kier molecular flexibility index (Phi) is 13.2. The van der Waals surface area contributed by atoms with Gasteiger partial charge in [0.25, 0.3) is 0 Å². The van der Waals surface area contributed by atoms with E-state index in [0.717, 1.165) is 50.7 Å². The van der Waals surface area contributed by atoms with Crippen LogP contribution in [0.15, 0.2) is 158 Å². The predicted molar refractivity (Wildman–Crippen MR) is 214 cm³/mol. The molecule has 0 bridgehead atoms. The first kappa shape index (κ1) is 37.8. The molecule has 0 spiro atoms. The van der Waals surface area contributed by atoms with Crippen molar-refractivity contribution in [3.63, 3.8) is 0 Å². The van der Waals surface area contributed by atoms with Crippen LogP contribution in [0, 0.1) is 0 Å². The molecule has 7 rings (SSSR count). The Morgan fingerprint density at radius 3 is 1.49 bits per heavy atom. The molecular weight excluding hydrogens is 689 g/mol. The van der Waals surface area contributed by atoms with Crippen LogP contribution in [0.25, 0.3) is 0 Å². The Bertz CT molecular complexity index is 1950. The molecule has 1 aliphatic rings. The van der Waals surface area contributed by atoms with Crippen molar-refractivity contribution in [3.8, 4) is 11.5 Å². The molecule has 0 amide bonds. The fraction of sp³-hybridized carbons (Fsp3) is 0.255. The third-order valence-electron chi connectivity index (χ3n) is 9.76. The van der Waals surface area contributed by atoms with Crippen molar-refractivity contribution in [2.45, 2.75) is 57.3 Å². The van der Waals surface area contributed by atoms with Crippen LogP contribution in [0.3, 0.4) is 0 Å². The molecule has 282 valence electrons. The van der Waals surface area contributed by atoms with Gasteiger partial charge in [-0.05, 0) is 58.1 Å². The maximum atomic E-state index is 6.87. The fourth-order valence-electron chi connectivity index (χ4n) is 6.79. The van der Waals surface area contributed by atoms with Gasteiger partial charge in [0.05, 0.1) is 40.6 Å². The lowest BCUT2D eigenvalue weighted by Gasteiger charge is -2.26. The second-order valence-corrected chi connectivity index (χ2v) is 13.6. The first-order valence-corrected chi connectivity index (χ1v) is 18.7. The summed E-state index contributed by atoms with van der Waals surface area (Å²) in [6.07, 6.45) is 0.283. The molecule has 1 aromatic heterocycles. The molecule has 4 atom stereocenters. The van der Waals surface area contributed by atoms with Crippen molar-refractivity contribution in [3.05, 3.63) is 191 Å². The van der Waals surface area contributed by atoms with Crippen LogP contribution in [0.2, 0.25) is 0 Å². The van der Waals surface area contributed by atoms with Crippen LogP contribution >= 0.6 is 0 Å². The van der Waals surface area contributed by atoms with Gasteiger partial charge >= 0.3 is 0 Å². The van der Waals surface area contributed by atoms with E-state index in [-0.39, 0.29) is 6.10 Å². The van der Waals surface area contributed by atoms with Gasteiger partial charge in [0.1, 0.15) is 41.7 Å². The van der Waals surface area contributed by atoms with Crippen LogP contribution in [0.1, 0.15) is 39.5 Å². The standard InChI is InChI=1S/C47H48N2O6/c1-50-41-23-18-35(19-24-41)29-49(30-36-20-25-42(51-2)26-21-36)44-27-22-40(28-48-44)45-47(54-33-39-16-10-5-11-17-39)46(53-32-38-14-8-4-9-15-38)43(55-45)34-52-31-37-12-6-3-7-13-37/h3-28,43,45-47H,29-34H2,1-2H3/t43-,45+,46-,47+/m1/s1. The summed E-state index contributed by atoms with van der Waals surface area (Å²) in [6, 6.07) is 51.0. The maximum Gasteiger partial charge on any atom is 0.129 e. The highest BCUT2D eigenvalue weighted by Gasteiger charge is 2.47.